The van der Waals surface area contributed by atoms with Crippen LogP contribution in [0.15, 0.2) is 24.3 Å². The molecule has 0 aliphatic carbocycles. The smallest absolute Gasteiger partial charge is 0.120 e. The van der Waals surface area contributed by atoms with Crippen molar-refractivity contribution in [1.29, 1.82) is 0 Å². The first-order valence-corrected chi connectivity index (χ1v) is 5.06. The van der Waals surface area contributed by atoms with E-state index in [1.807, 2.05) is 18.2 Å². The van der Waals surface area contributed by atoms with Gasteiger partial charge in [-0.3, -0.25) is 4.90 Å². The third kappa shape index (κ3) is 2.25. The molecule has 0 unspecified atom stereocenters. The molecule has 2 N–H and O–H groups in total. The van der Waals surface area contributed by atoms with E-state index in [1.165, 1.54) is 0 Å². The van der Waals surface area contributed by atoms with Gasteiger partial charge in [-0.25, -0.2) is 0 Å². The molecule has 1 aromatic carbocycles. The van der Waals surface area contributed by atoms with E-state index in [1.54, 1.807) is 6.07 Å². The summed E-state index contributed by atoms with van der Waals surface area (Å²) in [5, 5.41) is 12.9. The number of phenols is 1. The maximum Gasteiger partial charge on any atom is 0.120 e. The molecule has 0 bridgehead atoms. The maximum absolute atomic E-state index is 9.60. The molecule has 0 atom stereocenters. The molecule has 1 heterocycles. The topological polar surface area (TPSA) is 35.5 Å². The first-order valence-electron chi connectivity index (χ1n) is 5.06. The molecule has 3 heteroatoms. The fourth-order valence-corrected chi connectivity index (χ4v) is 1.75. The number of para-hydroxylation sites is 1. The Balaban J connectivity index is 1.99. The lowest BCUT2D eigenvalue weighted by molar-refractivity contribution is 0.230. The molecule has 14 heavy (non-hydrogen) atoms. The number of aromatic hydroxyl groups is 1. The zero-order chi connectivity index (χ0) is 9.80. The summed E-state index contributed by atoms with van der Waals surface area (Å²) in [6, 6.07) is 7.56. The summed E-state index contributed by atoms with van der Waals surface area (Å²) in [6.07, 6.45) is 0. The average molecular weight is 192 g/mol. The zero-order valence-electron chi connectivity index (χ0n) is 8.24. The van der Waals surface area contributed by atoms with E-state index in [4.69, 9.17) is 0 Å². The minimum Gasteiger partial charge on any atom is -0.508 e. The largest absolute Gasteiger partial charge is 0.508 e. The Kier molecular flexibility index (Phi) is 3.01. The van der Waals surface area contributed by atoms with Crippen LogP contribution in [0.5, 0.6) is 5.75 Å². The molecule has 1 saturated heterocycles. The molecule has 2 rings (SSSR count). The summed E-state index contributed by atoms with van der Waals surface area (Å²) in [5.41, 5.74) is 1.02. The van der Waals surface area contributed by atoms with Crippen molar-refractivity contribution in [2.75, 3.05) is 26.2 Å². The van der Waals surface area contributed by atoms with Gasteiger partial charge in [-0.1, -0.05) is 18.2 Å². The number of hydrogen-bond acceptors (Lipinski definition) is 3. The molecule has 1 aliphatic heterocycles. The molecule has 0 spiro atoms. The molecular formula is C11H16N2O. The molecule has 0 aromatic heterocycles. The zero-order valence-corrected chi connectivity index (χ0v) is 8.24. The molecule has 1 fully saturated rings. The summed E-state index contributed by atoms with van der Waals surface area (Å²) in [4.78, 5) is 2.35. The van der Waals surface area contributed by atoms with Crippen LogP contribution in [-0.2, 0) is 6.54 Å². The molecule has 0 saturated carbocycles. The predicted octanol–water partition coefficient (Wildman–Crippen LogP) is 0.797. The highest BCUT2D eigenvalue weighted by Crippen LogP contribution is 2.17. The van der Waals surface area contributed by atoms with Crippen molar-refractivity contribution in [3.8, 4) is 5.75 Å². The Morgan fingerprint density at radius 3 is 2.64 bits per heavy atom. The first kappa shape index (κ1) is 9.49. The van der Waals surface area contributed by atoms with Gasteiger partial charge in [-0.2, -0.15) is 0 Å². The standard InChI is InChI=1S/C11H16N2O/c14-11-4-2-1-3-10(11)9-13-7-5-12-6-8-13/h1-4,12,14H,5-9H2. The summed E-state index contributed by atoms with van der Waals surface area (Å²) in [5.74, 6) is 0.408. The minimum absolute atomic E-state index is 0.408. The molecule has 3 nitrogen and oxygen atoms in total. The molecule has 1 aromatic rings. The average Bonchev–Trinajstić information content (AvgIpc) is 2.23. The third-order valence-corrected chi connectivity index (χ3v) is 2.60. The highest BCUT2D eigenvalue weighted by atomic mass is 16.3. The van der Waals surface area contributed by atoms with E-state index in [-0.39, 0.29) is 0 Å². The van der Waals surface area contributed by atoms with Gasteiger partial charge in [-0.05, 0) is 6.07 Å². The van der Waals surface area contributed by atoms with Crippen molar-refractivity contribution < 1.29 is 5.11 Å². The van der Waals surface area contributed by atoms with Crippen molar-refractivity contribution in [3.05, 3.63) is 29.8 Å². The predicted molar refractivity (Wildman–Crippen MR) is 56.3 cm³/mol. The van der Waals surface area contributed by atoms with Gasteiger partial charge in [0.05, 0.1) is 0 Å². The van der Waals surface area contributed by atoms with E-state index < -0.39 is 0 Å². The number of benzene rings is 1. The third-order valence-electron chi connectivity index (χ3n) is 2.60. The van der Waals surface area contributed by atoms with Crippen LogP contribution >= 0.6 is 0 Å². The lowest BCUT2D eigenvalue weighted by Gasteiger charge is -2.27. The number of hydrogen-bond donors (Lipinski definition) is 2. The van der Waals surface area contributed by atoms with Crippen LogP contribution in [0.25, 0.3) is 0 Å². The molecule has 76 valence electrons. The molecule has 0 radical (unpaired) electrons. The summed E-state index contributed by atoms with van der Waals surface area (Å²) >= 11 is 0. The van der Waals surface area contributed by atoms with Crippen molar-refractivity contribution >= 4 is 0 Å². The fraction of sp³-hybridized carbons (Fsp3) is 0.455. The van der Waals surface area contributed by atoms with E-state index in [9.17, 15) is 5.11 Å². The van der Waals surface area contributed by atoms with Gasteiger partial charge in [-0.15, -0.1) is 0 Å². The highest BCUT2D eigenvalue weighted by molar-refractivity contribution is 5.31. The normalized spacial score (nSPS) is 18.3. The Morgan fingerprint density at radius 2 is 1.93 bits per heavy atom. The second-order valence-electron chi connectivity index (χ2n) is 3.65. The van der Waals surface area contributed by atoms with Gasteiger partial charge in [0.2, 0.25) is 0 Å². The molecule has 1 aliphatic rings. The van der Waals surface area contributed by atoms with Gasteiger partial charge in [0.15, 0.2) is 0 Å². The van der Waals surface area contributed by atoms with Crippen molar-refractivity contribution in [2.24, 2.45) is 0 Å². The number of nitrogens with zero attached hydrogens (tertiary/aromatic N) is 1. The minimum atomic E-state index is 0.408. The number of phenolic OH excluding ortho intramolecular Hbond substituents is 1. The lowest BCUT2D eigenvalue weighted by Crippen LogP contribution is -2.42. The molecule has 0 amide bonds. The maximum atomic E-state index is 9.60. The van der Waals surface area contributed by atoms with Crippen LogP contribution in [0.3, 0.4) is 0 Å². The van der Waals surface area contributed by atoms with E-state index >= 15 is 0 Å². The summed E-state index contributed by atoms with van der Waals surface area (Å²) in [6.45, 7) is 5.08. The molecular weight excluding hydrogens is 176 g/mol. The number of rotatable bonds is 2. The first-order chi connectivity index (χ1) is 6.86. The van der Waals surface area contributed by atoms with Gasteiger partial charge in [0, 0.05) is 38.3 Å². The second kappa shape index (κ2) is 4.44. The summed E-state index contributed by atoms with van der Waals surface area (Å²) in [7, 11) is 0. The lowest BCUT2D eigenvalue weighted by atomic mass is 10.2. The van der Waals surface area contributed by atoms with Crippen LogP contribution in [0, 0.1) is 0 Å². The number of nitrogens with one attached hydrogen (secondary N) is 1. The van der Waals surface area contributed by atoms with Crippen LogP contribution in [-0.4, -0.2) is 36.2 Å². The number of piperazine rings is 1. The Bertz CT molecular complexity index is 295. The Hall–Kier alpha value is -1.06. The Labute approximate surface area is 84.4 Å². The van der Waals surface area contributed by atoms with Gasteiger partial charge in [0.1, 0.15) is 5.75 Å². The van der Waals surface area contributed by atoms with Crippen molar-refractivity contribution in [2.45, 2.75) is 6.54 Å². The SMILES string of the molecule is Oc1ccccc1CN1CCNCC1. The van der Waals surface area contributed by atoms with Gasteiger partial charge in [0.25, 0.3) is 0 Å². The summed E-state index contributed by atoms with van der Waals surface area (Å²) < 4.78 is 0. The van der Waals surface area contributed by atoms with Gasteiger partial charge >= 0.3 is 0 Å². The quantitative estimate of drug-likeness (QED) is 0.727. The van der Waals surface area contributed by atoms with Crippen LogP contribution in [0.1, 0.15) is 5.56 Å². The Morgan fingerprint density at radius 1 is 1.21 bits per heavy atom. The van der Waals surface area contributed by atoms with Gasteiger partial charge < -0.3 is 10.4 Å². The van der Waals surface area contributed by atoms with E-state index in [2.05, 4.69) is 10.2 Å². The van der Waals surface area contributed by atoms with Crippen LogP contribution in [0.2, 0.25) is 0 Å². The highest BCUT2D eigenvalue weighted by Gasteiger charge is 2.11. The van der Waals surface area contributed by atoms with E-state index in [0.717, 1.165) is 38.3 Å². The second-order valence-corrected chi connectivity index (χ2v) is 3.65. The monoisotopic (exact) mass is 192 g/mol. The van der Waals surface area contributed by atoms with Crippen LogP contribution in [0.4, 0.5) is 0 Å². The van der Waals surface area contributed by atoms with Crippen molar-refractivity contribution in [1.82, 2.24) is 10.2 Å². The fourth-order valence-electron chi connectivity index (χ4n) is 1.75. The van der Waals surface area contributed by atoms with E-state index in [0.29, 0.717) is 5.75 Å². The van der Waals surface area contributed by atoms with Crippen LogP contribution < -0.4 is 5.32 Å². The van der Waals surface area contributed by atoms with Crippen molar-refractivity contribution in [3.63, 3.8) is 0 Å².